The van der Waals surface area contributed by atoms with Gasteiger partial charge >= 0.3 is 0 Å². The summed E-state index contributed by atoms with van der Waals surface area (Å²) >= 11 is 3.18. The van der Waals surface area contributed by atoms with Gasteiger partial charge in [0.2, 0.25) is 0 Å². The Hall–Kier alpha value is -1.83. The fourth-order valence-electron chi connectivity index (χ4n) is 1.36. The van der Waals surface area contributed by atoms with Gasteiger partial charge in [0.1, 0.15) is 5.82 Å². The van der Waals surface area contributed by atoms with E-state index >= 15 is 0 Å². The number of halogens is 2. The van der Waals surface area contributed by atoms with Gasteiger partial charge in [0.05, 0.1) is 11.6 Å². The molecule has 0 saturated carbocycles. The van der Waals surface area contributed by atoms with Gasteiger partial charge in [-0.05, 0) is 25.1 Å². The van der Waals surface area contributed by atoms with Crippen molar-refractivity contribution in [2.45, 2.75) is 13.0 Å². The van der Waals surface area contributed by atoms with Crippen LogP contribution >= 0.6 is 15.9 Å². The summed E-state index contributed by atoms with van der Waals surface area (Å²) in [4.78, 5) is 11.9. The Morgan fingerprint density at radius 2 is 2.33 bits per heavy atom. The summed E-state index contributed by atoms with van der Waals surface area (Å²) in [6, 6.07) is 3.69. The molecule has 18 heavy (non-hydrogen) atoms. The summed E-state index contributed by atoms with van der Waals surface area (Å²) < 4.78 is 14.1. The molecule has 1 amide bonds. The molecule has 94 valence electrons. The average molecular weight is 314 g/mol. The number of aromatic amines is 1. The van der Waals surface area contributed by atoms with E-state index in [2.05, 4.69) is 41.9 Å². The topological polar surface area (TPSA) is 83.6 Å². The smallest absolute Gasteiger partial charge is 0.254 e. The van der Waals surface area contributed by atoms with Crippen LogP contribution in [0.5, 0.6) is 0 Å². The maximum absolute atomic E-state index is 13.5. The van der Waals surface area contributed by atoms with E-state index in [4.69, 9.17) is 0 Å². The minimum atomic E-state index is -0.587. The summed E-state index contributed by atoms with van der Waals surface area (Å²) in [5.41, 5.74) is -0.0419. The van der Waals surface area contributed by atoms with Crippen LogP contribution < -0.4 is 5.32 Å². The highest BCUT2D eigenvalue weighted by molar-refractivity contribution is 9.10. The van der Waals surface area contributed by atoms with Crippen LogP contribution in [0.2, 0.25) is 0 Å². The molecule has 2 aromatic rings. The minimum absolute atomic E-state index is 0.0419. The molecule has 1 aromatic carbocycles. The van der Waals surface area contributed by atoms with Gasteiger partial charge in [-0.1, -0.05) is 21.1 Å². The fraction of sp³-hybridized carbons (Fsp3) is 0.200. The summed E-state index contributed by atoms with van der Waals surface area (Å²) in [6.07, 6.45) is 0. The quantitative estimate of drug-likeness (QED) is 0.901. The first-order chi connectivity index (χ1) is 8.58. The maximum Gasteiger partial charge on any atom is 0.254 e. The van der Waals surface area contributed by atoms with Gasteiger partial charge in [-0.2, -0.15) is 5.21 Å². The van der Waals surface area contributed by atoms with Crippen molar-refractivity contribution in [2.24, 2.45) is 0 Å². The van der Waals surface area contributed by atoms with Crippen molar-refractivity contribution in [1.29, 1.82) is 0 Å². The number of carbonyl (C=O) groups excluding carboxylic acids is 1. The van der Waals surface area contributed by atoms with E-state index in [-0.39, 0.29) is 5.56 Å². The number of benzene rings is 1. The van der Waals surface area contributed by atoms with E-state index < -0.39 is 17.8 Å². The number of nitrogens with zero attached hydrogens (tertiary/aromatic N) is 3. The molecule has 2 N–H and O–H groups in total. The maximum atomic E-state index is 13.5. The number of hydrogen-bond acceptors (Lipinski definition) is 4. The molecule has 6 nitrogen and oxygen atoms in total. The van der Waals surface area contributed by atoms with Crippen LogP contribution in [-0.2, 0) is 0 Å². The van der Waals surface area contributed by atoms with Crippen LogP contribution in [0.25, 0.3) is 0 Å². The second-order valence-electron chi connectivity index (χ2n) is 3.59. The average Bonchev–Trinajstić information content (AvgIpc) is 2.85. The van der Waals surface area contributed by atoms with E-state index in [1.165, 1.54) is 18.2 Å². The predicted molar refractivity (Wildman–Crippen MR) is 64.2 cm³/mol. The van der Waals surface area contributed by atoms with Gasteiger partial charge < -0.3 is 5.32 Å². The van der Waals surface area contributed by atoms with Gasteiger partial charge in [0.25, 0.3) is 5.91 Å². The number of hydrogen-bond donors (Lipinski definition) is 2. The van der Waals surface area contributed by atoms with E-state index in [0.717, 1.165) is 0 Å². The molecule has 0 fully saturated rings. The molecule has 1 heterocycles. The molecular formula is C10H9BrFN5O. The molecule has 0 saturated heterocycles. The molecule has 0 spiro atoms. The summed E-state index contributed by atoms with van der Waals surface area (Å²) in [5.74, 6) is -0.791. The molecule has 0 aliphatic rings. The molecule has 2 rings (SSSR count). The van der Waals surface area contributed by atoms with Gasteiger partial charge in [-0.25, -0.2) is 4.39 Å². The summed E-state index contributed by atoms with van der Waals surface area (Å²) in [5, 5.41) is 15.7. The number of carbonyl (C=O) groups is 1. The van der Waals surface area contributed by atoms with Gasteiger partial charge in [-0.3, -0.25) is 4.79 Å². The van der Waals surface area contributed by atoms with Gasteiger partial charge in [0, 0.05) is 4.47 Å². The Labute approximate surface area is 110 Å². The zero-order valence-corrected chi connectivity index (χ0v) is 10.9. The van der Waals surface area contributed by atoms with Gasteiger partial charge in [-0.15, -0.1) is 10.2 Å². The lowest BCUT2D eigenvalue weighted by molar-refractivity contribution is 0.0934. The standard InChI is InChI=1S/C10H9BrFN5O/c1-5(9-14-16-17-15-9)13-10(18)7-4-6(11)2-3-8(7)12/h2-5H,1H3,(H,13,18)(H,14,15,16,17). The minimum Gasteiger partial charge on any atom is -0.342 e. The van der Waals surface area contributed by atoms with Crippen molar-refractivity contribution in [1.82, 2.24) is 25.9 Å². The molecular weight excluding hydrogens is 305 g/mol. The third kappa shape index (κ3) is 2.70. The molecule has 0 bridgehead atoms. The molecule has 1 aromatic heterocycles. The highest BCUT2D eigenvalue weighted by Crippen LogP contribution is 2.16. The van der Waals surface area contributed by atoms with Crippen LogP contribution in [-0.4, -0.2) is 26.5 Å². The summed E-state index contributed by atoms with van der Waals surface area (Å²) in [6.45, 7) is 1.68. The largest absolute Gasteiger partial charge is 0.342 e. The Balaban J connectivity index is 2.15. The Bertz CT molecular complexity index is 559. The van der Waals surface area contributed by atoms with Crippen LogP contribution in [0.4, 0.5) is 4.39 Å². The van der Waals surface area contributed by atoms with E-state index in [0.29, 0.717) is 10.3 Å². The fourth-order valence-corrected chi connectivity index (χ4v) is 1.72. The second-order valence-corrected chi connectivity index (χ2v) is 4.50. The normalized spacial score (nSPS) is 12.2. The Morgan fingerprint density at radius 3 is 3.00 bits per heavy atom. The number of aromatic nitrogens is 4. The predicted octanol–water partition coefficient (Wildman–Crippen LogP) is 1.59. The van der Waals surface area contributed by atoms with E-state index in [1.54, 1.807) is 6.92 Å². The molecule has 8 heteroatoms. The Kier molecular flexibility index (Phi) is 3.66. The van der Waals surface area contributed by atoms with Crippen molar-refractivity contribution < 1.29 is 9.18 Å². The third-order valence-electron chi connectivity index (χ3n) is 2.27. The molecule has 0 aliphatic carbocycles. The SMILES string of the molecule is CC(NC(=O)c1cc(Br)ccc1F)c1nn[nH]n1. The number of nitrogens with one attached hydrogen (secondary N) is 2. The van der Waals surface area contributed by atoms with Crippen LogP contribution in [0.1, 0.15) is 29.1 Å². The number of amides is 1. The first-order valence-corrected chi connectivity index (χ1v) is 5.86. The lowest BCUT2D eigenvalue weighted by Gasteiger charge is -2.10. The number of H-pyrrole nitrogens is 1. The molecule has 0 aliphatic heterocycles. The zero-order valence-electron chi connectivity index (χ0n) is 9.32. The van der Waals surface area contributed by atoms with Crippen molar-refractivity contribution >= 4 is 21.8 Å². The molecule has 0 radical (unpaired) electrons. The first-order valence-electron chi connectivity index (χ1n) is 5.07. The lowest BCUT2D eigenvalue weighted by atomic mass is 10.2. The van der Waals surface area contributed by atoms with Crippen molar-refractivity contribution in [3.8, 4) is 0 Å². The molecule has 1 unspecified atom stereocenters. The van der Waals surface area contributed by atoms with Crippen molar-refractivity contribution in [2.75, 3.05) is 0 Å². The van der Waals surface area contributed by atoms with Crippen LogP contribution in [0, 0.1) is 5.82 Å². The highest BCUT2D eigenvalue weighted by Gasteiger charge is 2.17. The second kappa shape index (κ2) is 5.21. The Morgan fingerprint density at radius 1 is 1.56 bits per heavy atom. The van der Waals surface area contributed by atoms with Crippen LogP contribution in [0.3, 0.4) is 0 Å². The monoisotopic (exact) mass is 313 g/mol. The molecule has 1 atom stereocenters. The van der Waals surface area contributed by atoms with E-state index in [9.17, 15) is 9.18 Å². The van der Waals surface area contributed by atoms with Crippen LogP contribution in [0.15, 0.2) is 22.7 Å². The number of rotatable bonds is 3. The van der Waals surface area contributed by atoms with Gasteiger partial charge in [0.15, 0.2) is 5.82 Å². The van der Waals surface area contributed by atoms with E-state index in [1.807, 2.05) is 0 Å². The summed E-state index contributed by atoms with van der Waals surface area (Å²) in [7, 11) is 0. The highest BCUT2D eigenvalue weighted by atomic mass is 79.9. The van der Waals surface area contributed by atoms with Crippen molar-refractivity contribution in [3.05, 3.63) is 39.9 Å². The third-order valence-corrected chi connectivity index (χ3v) is 2.76. The first kappa shape index (κ1) is 12.6. The van der Waals surface area contributed by atoms with Crippen molar-refractivity contribution in [3.63, 3.8) is 0 Å². The lowest BCUT2D eigenvalue weighted by Crippen LogP contribution is -2.28. The zero-order chi connectivity index (χ0) is 13.1. The number of tetrazole rings is 1.